The van der Waals surface area contributed by atoms with Gasteiger partial charge in [-0.15, -0.1) is 0 Å². The first-order valence-corrected chi connectivity index (χ1v) is 14.7. The lowest BCUT2D eigenvalue weighted by atomic mass is 10.0. The summed E-state index contributed by atoms with van der Waals surface area (Å²) >= 11 is 5.92. The number of nitrogens with one attached hydrogen (secondary N) is 1. The van der Waals surface area contributed by atoms with E-state index >= 15 is 0 Å². The van der Waals surface area contributed by atoms with Crippen LogP contribution >= 0.6 is 11.6 Å². The molecule has 2 unspecified atom stereocenters. The summed E-state index contributed by atoms with van der Waals surface area (Å²) in [6.07, 6.45) is 1.02. The van der Waals surface area contributed by atoms with Crippen molar-refractivity contribution in [3.63, 3.8) is 0 Å². The van der Waals surface area contributed by atoms with Crippen LogP contribution in [0.15, 0.2) is 83.8 Å². The Morgan fingerprint density at radius 3 is 2.13 bits per heavy atom. The van der Waals surface area contributed by atoms with Crippen LogP contribution in [0.5, 0.6) is 0 Å². The van der Waals surface area contributed by atoms with Crippen LogP contribution in [-0.2, 0) is 32.6 Å². The van der Waals surface area contributed by atoms with Gasteiger partial charge in [0.05, 0.1) is 11.4 Å². The lowest BCUT2D eigenvalue weighted by Gasteiger charge is -2.33. The van der Waals surface area contributed by atoms with E-state index in [1.54, 1.807) is 0 Å². The van der Waals surface area contributed by atoms with Gasteiger partial charge >= 0.3 is 0 Å². The Hall–Kier alpha value is -3.20. The second-order valence-electron chi connectivity index (χ2n) is 9.75. The highest BCUT2D eigenvalue weighted by Crippen LogP contribution is 2.20. The summed E-state index contributed by atoms with van der Waals surface area (Å²) < 4.78 is 27.4. The van der Waals surface area contributed by atoms with Gasteiger partial charge in [0.15, 0.2) is 0 Å². The molecule has 2 atom stereocenters. The third-order valence-corrected chi connectivity index (χ3v) is 8.69. The van der Waals surface area contributed by atoms with Gasteiger partial charge in [0.1, 0.15) is 6.04 Å². The highest BCUT2D eigenvalue weighted by Gasteiger charge is 2.33. The van der Waals surface area contributed by atoms with Crippen LogP contribution in [-0.4, -0.2) is 55.1 Å². The molecule has 7 nitrogen and oxygen atoms in total. The maximum atomic E-state index is 13.9. The second-order valence-corrected chi connectivity index (χ2v) is 12.2. The third-order valence-electron chi connectivity index (χ3n) is 6.63. The summed E-state index contributed by atoms with van der Waals surface area (Å²) in [5.74, 6) is -0.757. The predicted octanol–water partition coefficient (Wildman–Crippen LogP) is 4.82. The van der Waals surface area contributed by atoms with E-state index in [4.69, 9.17) is 11.6 Å². The molecule has 3 rings (SSSR count). The van der Waals surface area contributed by atoms with Gasteiger partial charge in [-0.1, -0.05) is 78.7 Å². The van der Waals surface area contributed by atoms with Gasteiger partial charge in [0, 0.05) is 31.1 Å². The van der Waals surface area contributed by atoms with Crippen molar-refractivity contribution >= 4 is 33.4 Å². The number of benzene rings is 3. The summed E-state index contributed by atoms with van der Waals surface area (Å²) in [6.45, 7) is 5.58. The summed E-state index contributed by atoms with van der Waals surface area (Å²) in [7, 11) is -2.61. The number of rotatable bonds is 12. The highest BCUT2D eigenvalue weighted by molar-refractivity contribution is 7.89. The zero-order chi connectivity index (χ0) is 28.6. The van der Waals surface area contributed by atoms with Gasteiger partial charge in [0.2, 0.25) is 21.8 Å². The standard InChI is InChI=1S/C30H36ClN3O4S/c1-5-23(3)32-30(36)28(19-24-9-7-6-8-10-24)34(20-25-13-11-22(2)12-14-25)29(35)21-33(4)39(37,38)27-17-15-26(31)16-18-27/h6-18,23,28H,5,19-21H2,1-4H3,(H,32,36). The molecule has 0 spiro atoms. The molecule has 0 aliphatic rings. The number of likely N-dealkylation sites (N-methyl/N-ethyl adjacent to an activating group) is 1. The molecule has 0 aliphatic heterocycles. The van der Waals surface area contributed by atoms with Crippen LogP contribution < -0.4 is 5.32 Å². The van der Waals surface area contributed by atoms with E-state index in [0.29, 0.717) is 5.02 Å². The summed E-state index contributed by atoms with van der Waals surface area (Å²) in [5, 5.41) is 3.43. The van der Waals surface area contributed by atoms with Crippen molar-refractivity contribution in [3.8, 4) is 0 Å². The van der Waals surface area contributed by atoms with Gasteiger partial charge in [0.25, 0.3) is 0 Å². The molecule has 208 valence electrons. The Morgan fingerprint density at radius 2 is 1.54 bits per heavy atom. The van der Waals surface area contributed by atoms with Crippen molar-refractivity contribution in [1.82, 2.24) is 14.5 Å². The second kappa shape index (κ2) is 13.7. The average Bonchev–Trinajstić information content (AvgIpc) is 2.92. The topological polar surface area (TPSA) is 86.8 Å². The van der Waals surface area contributed by atoms with Crippen LogP contribution in [0.1, 0.15) is 37.0 Å². The quantitative estimate of drug-likeness (QED) is 0.339. The number of hydrogen-bond donors (Lipinski definition) is 1. The molecule has 0 aliphatic carbocycles. The van der Waals surface area contributed by atoms with Gasteiger partial charge in [-0.2, -0.15) is 4.31 Å². The molecule has 39 heavy (non-hydrogen) atoms. The molecule has 0 aromatic heterocycles. The molecule has 3 aromatic carbocycles. The molecular weight excluding hydrogens is 534 g/mol. The molecule has 9 heteroatoms. The SMILES string of the molecule is CCC(C)NC(=O)C(Cc1ccccc1)N(Cc1ccc(C)cc1)C(=O)CN(C)S(=O)(=O)c1ccc(Cl)cc1. The smallest absolute Gasteiger partial charge is 0.243 e. The molecule has 0 radical (unpaired) electrons. The lowest BCUT2D eigenvalue weighted by Crippen LogP contribution is -2.54. The first kappa shape index (κ1) is 30.3. The highest BCUT2D eigenvalue weighted by atomic mass is 35.5. The van der Waals surface area contributed by atoms with Gasteiger partial charge in [-0.05, 0) is 55.7 Å². The fourth-order valence-corrected chi connectivity index (χ4v) is 5.28. The molecule has 3 aromatic rings. The lowest BCUT2D eigenvalue weighted by molar-refractivity contribution is -0.141. The molecule has 0 bridgehead atoms. The zero-order valence-corrected chi connectivity index (χ0v) is 24.4. The predicted molar refractivity (Wildman–Crippen MR) is 155 cm³/mol. The molecule has 0 fully saturated rings. The Labute approximate surface area is 236 Å². The minimum Gasteiger partial charge on any atom is -0.352 e. The Balaban J connectivity index is 1.97. The summed E-state index contributed by atoms with van der Waals surface area (Å²) in [6, 6.07) is 22.1. The number of halogens is 1. The normalized spacial score (nSPS) is 13.1. The molecule has 0 saturated carbocycles. The van der Waals surface area contributed by atoms with E-state index in [2.05, 4.69) is 5.32 Å². The fraction of sp³-hybridized carbons (Fsp3) is 0.333. The third kappa shape index (κ3) is 8.39. The number of nitrogens with zero attached hydrogens (tertiary/aromatic N) is 2. The maximum Gasteiger partial charge on any atom is 0.243 e. The first-order chi connectivity index (χ1) is 18.5. The number of aryl methyl sites for hydroxylation is 1. The number of sulfonamides is 1. The average molecular weight is 570 g/mol. The van der Waals surface area contributed by atoms with Crippen LogP contribution in [0, 0.1) is 6.92 Å². The molecular formula is C30H36ClN3O4S. The van der Waals surface area contributed by atoms with Crippen molar-refractivity contribution in [2.45, 2.75) is 57.1 Å². The van der Waals surface area contributed by atoms with Crippen molar-refractivity contribution in [2.75, 3.05) is 13.6 Å². The molecule has 0 heterocycles. The van der Waals surface area contributed by atoms with Crippen LogP contribution in [0.4, 0.5) is 0 Å². The largest absolute Gasteiger partial charge is 0.352 e. The first-order valence-electron chi connectivity index (χ1n) is 12.9. The summed E-state index contributed by atoms with van der Waals surface area (Å²) in [4.78, 5) is 29.0. The fourth-order valence-electron chi connectivity index (χ4n) is 4.04. The number of hydrogen-bond acceptors (Lipinski definition) is 4. The molecule has 0 saturated heterocycles. The number of carbonyl (C=O) groups excluding carboxylic acids is 2. The Bertz CT molecular complexity index is 1350. The van der Waals surface area contributed by atoms with Crippen molar-refractivity contribution < 1.29 is 18.0 Å². The minimum atomic E-state index is -3.96. The van der Waals surface area contributed by atoms with Crippen LogP contribution in [0.25, 0.3) is 0 Å². The van der Waals surface area contributed by atoms with Gasteiger partial charge in [-0.25, -0.2) is 8.42 Å². The van der Waals surface area contributed by atoms with E-state index < -0.39 is 28.5 Å². The van der Waals surface area contributed by atoms with E-state index in [1.165, 1.54) is 36.2 Å². The van der Waals surface area contributed by atoms with E-state index in [1.807, 2.05) is 75.4 Å². The number of amides is 2. The van der Waals surface area contributed by atoms with Gasteiger partial charge < -0.3 is 10.2 Å². The molecule has 1 N–H and O–H groups in total. The zero-order valence-electron chi connectivity index (χ0n) is 22.8. The van der Waals surface area contributed by atoms with E-state index in [0.717, 1.165) is 27.4 Å². The van der Waals surface area contributed by atoms with Crippen molar-refractivity contribution in [2.24, 2.45) is 0 Å². The van der Waals surface area contributed by atoms with Crippen LogP contribution in [0.2, 0.25) is 5.02 Å². The molecule has 2 amide bonds. The van der Waals surface area contributed by atoms with E-state index in [-0.39, 0.29) is 29.8 Å². The van der Waals surface area contributed by atoms with E-state index in [9.17, 15) is 18.0 Å². The van der Waals surface area contributed by atoms with Crippen molar-refractivity contribution in [1.29, 1.82) is 0 Å². The number of carbonyl (C=O) groups is 2. The van der Waals surface area contributed by atoms with Gasteiger partial charge in [-0.3, -0.25) is 9.59 Å². The maximum absolute atomic E-state index is 13.9. The van der Waals surface area contributed by atoms with Crippen molar-refractivity contribution in [3.05, 3.63) is 101 Å². The Kier molecular flexibility index (Phi) is 10.7. The summed E-state index contributed by atoms with van der Waals surface area (Å²) in [5.41, 5.74) is 2.80. The monoisotopic (exact) mass is 569 g/mol. The Morgan fingerprint density at radius 1 is 0.923 bits per heavy atom. The minimum absolute atomic E-state index is 0.0302. The van der Waals surface area contributed by atoms with Crippen LogP contribution in [0.3, 0.4) is 0 Å².